The number of amides is 1. The molecular formula is C16H21N3O2. The molecule has 5 nitrogen and oxygen atoms in total. The smallest absolute Gasteiger partial charge is 0.224 e. The van der Waals surface area contributed by atoms with Crippen LogP contribution < -0.4 is 10.6 Å². The van der Waals surface area contributed by atoms with E-state index in [1.165, 1.54) is 0 Å². The van der Waals surface area contributed by atoms with Gasteiger partial charge >= 0.3 is 0 Å². The molecule has 0 aliphatic rings. The lowest BCUT2D eigenvalue weighted by molar-refractivity contribution is -0.115. The molecule has 1 heterocycles. The molecular weight excluding hydrogens is 266 g/mol. The Hall–Kier alpha value is -2.30. The van der Waals surface area contributed by atoms with E-state index < -0.39 is 0 Å². The summed E-state index contributed by atoms with van der Waals surface area (Å²) in [7, 11) is 0. The second-order valence-corrected chi connectivity index (χ2v) is 5.09. The first kappa shape index (κ1) is 15.1. The topological polar surface area (TPSA) is 67.2 Å². The van der Waals surface area contributed by atoms with Gasteiger partial charge in [0.25, 0.3) is 0 Å². The van der Waals surface area contributed by atoms with Crippen LogP contribution in [-0.2, 0) is 11.3 Å². The molecule has 0 unspecified atom stereocenters. The van der Waals surface area contributed by atoms with Crippen LogP contribution in [0.1, 0.15) is 35.9 Å². The van der Waals surface area contributed by atoms with Crippen molar-refractivity contribution in [1.29, 1.82) is 0 Å². The Labute approximate surface area is 124 Å². The van der Waals surface area contributed by atoms with Gasteiger partial charge in [0.05, 0.1) is 5.69 Å². The van der Waals surface area contributed by atoms with E-state index >= 15 is 0 Å². The van der Waals surface area contributed by atoms with Crippen LogP contribution in [0.4, 0.5) is 11.4 Å². The average Bonchev–Trinajstić information content (AvgIpc) is 2.78. The van der Waals surface area contributed by atoms with Crippen molar-refractivity contribution in [3.63, 3.8) is 0 Å². The fourth-order valence-corrected chi connectivity index (χ4v) is 2.08. The van der Waals surface area contributed by atoms with Crippen LogP contribution in [0, 0.1) is 20.8 Å². The summed E-state index contributed by atoms with van der Waals surface area (Å²) < 4.78 is 5.16. The van der Waals surface area contributed by atoms with Gasteiger partial charge in [0.1, 0.15) is 5.76 Å². The molecule has 0 fully saturated rings. The van der Waals surface area contributed by atoms with Gasteiger partial charge in [-0.15, -0.1) is 0 Å². The molecule has 0 aliphatic carbocycles. The molecule has 1 aromatic heterocycles. The van der Waals surface area contributed by atoms with E-state index in [4.69, 9.17) is 4.52 Å². The second-order valence-electron chi connectivity index (χ2n) is 5.09. The summed E-state index contributed by atoms with van der Waals surface area (Å²) in [6, 6.07) is 5.84. The fourth-order valence-electron chi connectivity index (χ4n) is 2.08. The van der Waals surface area contributed by atoms with Gasteiger partial charge in [-0.1, -0.05) is 18.1 Å². The molecule has 21 heavy (non-hydrogen) atoms. The number of hydrogen-bond donors (Lipinski definition) is 2. The molecule has 0 saturated heterocycles. The van der Waals surface area contributed by atoms with Crippen LogP contribution >= 0.6 is 0 Å². The molecule has 2 N–H and O–H groups in total. The van der Waals surface area contributed by atoms with E-state index in [1.807, 2.05) is 45.9 Å². The molecule has 0 aliphatic heterocycles. The maximum Gasteiger partial charge on any atom is 0.224 e. The summed E-state index contributed by atoms with van der Waals surface area (Å²) in [5.74, 6) is 0.837. The molecule has 0 radical (unpaired) electrons. The SMILES string of the molecule is CCC(=O)Nc1ccc(C)c(NCc2c(C)noc2C)c1. The third-order valence-electron chi connectivity index (χ3n) is 3.48. The number of nitrogens with one attached hydrogen (secondary N) is 2. The number of carbonyl (C=O) groups is 1. The standard InChI is InChI=1S/C16H21N3O2/c1-5-16(20)18-13-7-6-10(2)15(8-13)17-9-14-11(3)19-21-12(14)4/h6-8,17H,5,9H2,1-4H3,(H,18,20). The Morgan fingerprint density at radius 3 is 2.67 bits per heavy atom. The van der Waals surface area contributed by atoms with Gasteiger partial charge in [-0.3, -0.25) is 4.79 Å². The van der Waals surface area contributed by atoms with E-state index in [1.54, 1.807) is 0 Å². The zero-order valence-corrected chi connectivity index (χ0v) is 12.9. The number of hydrogen-bond acceptors (Lipinski definition) is 4. The number of anilines is 2. The second kappa shape index (κ2) is 6.43. The van der Waals surface area contributed by atoms with Gasteiger partial charge in [-0.25, -0.2) is 0 Å². The van der Waals surface area contributed by atoms with E-state index in [9.17, 15) is 4.79 Å². The number of rotatable bonds is 5. The highest BCUT2D eigenvalue weighted by molar-refractivity contribution is 5.91. The minimum atomic E-state index is 0.00975. The van der Waals surface area contributed by atoms with Crippen LogP contribution in [0.15, 0.2) is 22.7 Å². The molecule has 0 bridgehead atoms. The first-order chi connectivity index (χ1) is 10.0. The van der Waals surface area contributed by atoms with Crippen LogP contribution in [0.2, 0.25) is 0 Å². The Morgan fingerprint density at radius 1 is 1.29 bits per heavy atom. The number of aromatic nitrogens is 1. The van der Waals surface area contributed by atoms with Gasteiger partial charge in [0.15, 0.2) is 0 Å². The first-order valence-electron chi connectivity index (χ1n) is 7.07. The summed E-state index contributed by atoms with van der Waals surface area (Å²) in [6.07, 6.45) is 0.468. The van der Waals surface area contributed by atoms with Crippen molar-refractivity contribution >= 4 is 17.3 Å². The van der Waals surface area contributed by atoms with Crippen molar-refractivity contribution in [3.05, 3.63) is 40.8 Å². The predicted molar refractivity (Wildman–Crippen MR) is 83.4 cm³/mol. The summed E-state index contributed by atoms with van der Waals surface area (Å²) in [6.45, 7) is 8.34. The quantitative estimate of drug-likeness (QED) is 0.882. The molecule has 5 heteroatoms. The third-order valence-corrected chi connectivity index (χ3v) is 3.48. The normalized spacial score (nSPS) is 10.5. The highest BCUT2D eigenvalue weighted by Crippen LogP contribution is 2.22. The lowest BCUT2D eigenvalue weighted by Crippen LogP contribution is -2.10. The van der Waals surface area contributed by atoms with E-state index in [2.05, 4.69) is 15.8 Å². The Balaban J connectivity index is 2.12. The monoisotopic (exact) mass is 287 g/mol. The number of nitrogens with zero attached hydrogens (tertiary/aromatic N) is 1. The van der Waals surface area contributed by atoms with Gasteiger partial charge in [-0.05, 0) is 38.5 Å². The molecule has 0 spiro atoms. The number of carbonyl (C=O) groups excluding carboxylic acids is 1. The van der Waals surface area contributed by atoms with Crippen molar-refractivity contribution in [3.8, 4) is 0 Å². The Morgan fingerprint density at radius 2 is 2.05 bits per heavy atom. The lowest BCUT2D eigenvalue weighted by Gasteiger charge is -2.12. The summed E-state index contributed by atoms with van der Waals surface area (Å²) >= 11 is 0. The summed E-state index contributed by atoms with van der Waals surface area (Å²) in [5, 5.41) is 10.2. The highest BCUT2D eigenvalue weighted by Gasteiger charge is 2.09. The van der Waals surface area contributed by atoms with Crippen molar-refractivity contribution < 1.29 is 9.32 Å². The first-order valence-corrected chi connectivity index (χ1v) is 7.07. The maximum absolute atomic E-state index is 11.5. The zero-order valence-electron chi connectivity index (χ0n) is 12.9. The predicted octanol–water partition coefficient (Wildman–Crippen LogP) is 3.56. The van der Waals surface area contributed by atoms with Crippen LogP contribution in [-0.4, -0.2) is 11.1 Å². The Kier molecular flexibility index (Phi) is 4.62. The van der Waals surface area contributed by atoms with E-state index in [0.29, 0.717) is 13.0 Å². The minimum absolute atomic E-state index is 0.00975. The van der Waals surface area contributed by atoms with Gasteiger partial charge in [0.2, 0.25) is 5.91 Å². The van der Waals surface area contributed by atoms with Crippen molar-refractivity contribution in [1.82, 2.24) is 5.16 Å². The van der Waals surface area contributed by atoms with Crippen molar-refractivity contribution in [2.45, 2.75) is 40.7 Å². The maximum atomic E-state index is 11.5. The van der Waals surface area contributed by atoms with Crippen LogP contribution in [0.3, 0.4) is 0 Å². The summed E-state index contributed by atoms with van der Waals surface area (Å²) in [4.78, 5) is 11.5. The number of aryl methyl sites for hydroxylation is 3. The molecule has 1 amide bonds. The Bertz CT molecular complexity index is 627. The molecule has 2 rings (SSSR count). The van der Waals surface area contributed by atoms with E-state index in [0.717, 1.165) is 34.0 Å². The fraction of sp³-hybridized carbons (Fsp3) is 0.375. The largest absolute Gasteiger partial charge is 0.380 e. The molecule has 2 aromatic rings. The molecule has 112 valence electrons. The zero-order chi connectivity index (χ0) is 15.4. The lowest BCUT2D eigenvalue weighted by atomic mass is 10.1. The highest BCUT2D eigenvalue weighted by atomic mass is 16.5. The van der Waals surface area contributed by atoms with Gasteiger partial charge < -0.3 is 15.2 Å². The van der Waals surface area contributed by atoms with Crippen molar-refractivity contribution in [2.75, 3.05) is 10.6 Å². The van der Waals surface area contributed by atoms with Crippen LogP contribution in [0.5, 0.6) is 0 Å². The minimum Gasteiger partial charge on any atom is -0.380 e. The van der Waals surface area contributed by atoms with Crippen LogP contribution in [0.25, 0.3) is 0 Å². The van der Waals surface area contributed by atoms with Crippen molar-refractivity contribution in [2.24, 2.45) is 0 Å². The van der Waals surface area contributed by atoms with Gasteiger partial charge in [0, 0.05) is 29.9 Å². The third kappa shape index (κ3) is 3.62. The number of benzene rings is 1. The summed E-state index contributed by atoms with van der Waals surface area (Å²) in [5.41, 5.74) is 4.87. The molecule has 0 saturated carbocycles. The molecule has 0 atom stereocenters. The average molecular weight is 287 g/mol. The molecule has 1 aromatic carbocycles. The van der Waals surface area contributed by atoms with E-state index in [-0.39, 0.29) is 5.91 Å². The van der Waals surface area contributed by atoms with Gasteiger partial charge in [-0.2, -0.15) is 0 Å².